The number of ether oxygens (including phenoxy) is 2. The summed E-state index contributed by atoms with van der Waals surface area (Å²) >= 11 is 14.6. The molecule has 0 aromatic heterocycles. The van der Waals surface area contributed by atoms with Crippen LogP contribution in [0.5, 0.6) is 11.5 Å². The van der Waals surface area contributed by atoms with Crippen LogP contribution in [0.25, 0.3) is 0 Å². The van der Waals surface area contributed by atoms with E-state index in [0.717, 1.165) is 88.9 Å². The fourth-order valence-electron chi connectivity index (χ4n) is 8.93. The number of Topliss-reactive ketones (excluding diaryl/α,β-unsaturated/α-hetero) is 1. The second kappa shape index (κ2) is 17.3. The second-order valence-electron chi connectivity index (χ2n) is 15.0. The lowest BCUT2D eigenvalue weighted by Gasteiger charge is -2.67. The molecule has 3 nitrogen and oxygen atoms in total. The first-order valence-electron chi connectivity index (χ1n) is 19.2. The van der Waals surface area contributed by atoms with Gasteiger partial charge in [-0.25, -0.2) is 0 Å². The normalized spacial score (nSPS) is 26.8. The molecule has 2 aromatic carbocycles. The highest BCUT2D eigenvalue weighted by molar-refractivity contribution is 6.55. The predicted octanol–water partition coefficient (Wildman–Crippen LogP) is 12.9. The van der Waals surface area contributed by atoms with Crippen molar-refractivity contribution in [2.45, 2.75) is 158 Å². The number of hydrogen-bond donors (Lipinski definition) is 0. The standard InChI is InChI=1S/C42H60Cl2O3/c1-3-5-7-9-11-13-31-46-37-19-15-33(16-20-37)35-23-27-40(28-24-35)39(45)41(42(40,43)44)29-25-36(26-30-41)34-17-21-38(22-18-34)47-32-14-12-10-8-6-4-2/h15-22,35-36H,3-14,23-32H2,1-2H3. The number of benzene rings is 2. The highest BCUT2D eigenvalue weighted by Crippen LogP contribution is 2.75. The zero-order chi connectivity index (χ0) is 33.2. The van der Waals surface area contributed by atoms with Crippen LogP contribution < -0.4 is 9.47 Å². The van der Waals surface area contributed by atoms with Crippen molar-refractivity contribution in [3.63, 3.8) is 0 Å². The van der Waals surface area contributed by atoms with Crippen molar-refractivity contribution in [1.82, 2.24) is 0 Å². The summed E-state index contributed by atoms with van der Waals surface area (Å²) in [6, 6.07) is 17.3. The number of halogens is 2. The minimum Gasteiger partial charge on any atom is -0.494 e. The number of carbonyl (C=O) groups excluding carboxylic acids is 1. The molecule has 47 heavy (non-hydrogen) atoms. The summed E-state index contributed by atoms with van der Waals surface area (Å²) < 4.78 is 11.0. The molecule has 0 saturated heterocycles. The first-order valence-corrected chi connectivity index (χ1v) is 20.0. The smallest absolute Gasteiger partial charge is 0.151 e. The lowest BCUT2D eigenvalue weighted by atomic mass is 9.42. The van der Waals surface area contributed by atoms with E-state index < -0.39 is 15.2 Å². The van der Waals surface area contributed by atoms with Gasteiger partial charge in [0, 0.05) is 0 Å². The van der Waals surface area contributed by atoms with Gasteiger partial charge in [-0.05, 0) is 111 Å². The van der Waals surface area contributed by atoms with Crippen LogP contribution in [0.1, 0.15) is 165 Å². The summed E-state index contributed by atoms with van der Waals surface area (Å²) in [5.74, 6) is 3.14. The Morgan fingerprint density at radius 3 is 1.23 bits per heavy atom. The number of hydrogen-bond acceptors (Lipinski definition) is 3. The number of carbonyl (C=O) groups is 1. The highest BCUT2D eigenvalue weighted by atomic mass is 35.5. The summed E-state index contributed by atoms with van der Waals surface area (Å²) in [4.78, 5) is 14.1. The Balaban J connectivity index is 1.05. The number of alkyl halides is 2. The zero-order valence-corrected chi connectivity index (χ0v) is 30.8. The second-order valence-corrected chi connectivity index (χ2v) is 16.3. The average molecular weight is 684 g/mol. The molecule has 260 valence electrons. The maximum atomic E-state index is 14.1. The Kier molecular flexibility index (Phi) is 13.5. The van der Waals surface area contributed by atoms with Gasteiger partial charge in [-0.1, -0.05) is 126 Å². The monoisotopic (exact) mass is 682 g/mol. The molecule has 0 bridgehead atoms. The Bertz CT molecular complexity index is 1130. The summed E-state index contributed by atoms with van der Waals surface area (Å²) in [6.45, 7) is 6.08. The van der Waals surface area contributed by atoms with Gasteiger partial charge in [0.25, 0.3) is 0 Å². The van der Waals surface area contributed by atoms with Crippen LogP contribution in [0.15, 0.2) is 48.5 Å². The SMILES string of the molecule is CCCCCCCCOc1ccc(C2CCC3(CC2)C(=O)C2(CCC(c4ccc(OCCCCCCCC)cc4)CC2)C3(Cl)Cl)cc1. The molecule has 0 aliphatic heterocycles. The molecule has 3 aliphatic rings. The van der Waals surface area contributed by atoms with Crippen molar-refractivity contribution >= 4 is 29.0 Å². The quantitative estimate of drug-likeness (QED) is 0.116. The maximum absolute atomic E-state index is 14.1. The van der Waals surface area contributed by atoms with Crippen molar-refractivity contribution in [3.8, 4) is 11.5 Å². The van der Waals surface area contributed by atoms with Gasteiger partial charge in [0.15, 0.2) is 5.78 Å². The summed E-state index contributed by atoms with van der Waals surface area (Å²) in [7, 11) is 0. The van der Waals surface area contributed by atoms with E-state index in [4.69, 9.17) is 32.7 Å². The minimum atomic E-state index is -0.977. The molecule has 2 spiro atoms. The van der Waals surface area contributed by atoms with E-state index in [0.29, 0.717) is 17.6 Å². The van der Waals surface area contributed by atoms with Gasteiger partial charge >= 0.3 is 0 Å². The van der Waals surface area contributed by atoms with Gasteiger partial charge in [0.2, 0.25) is 0 Å². The predicted molar refractivity (Wildman–Crippen MR) is 197 cm³/mol. The van der Waals surface area contributed by atoms with Crippen molar-refractivity contribution in [3.05, 3.63) is 59.7 Å². The van der Waals surface area contributed by atoms with E-state index in [9.17, 15) is 4.79 Å². The van der Waals surface area contributed by atoms with Crippen LogP contribution in [-0.4, -0.2) is 23.3 Å². The molecule has 5 heteroatoms. The van der Waals surface area contributed by atoms with Gasteiger partial charge in [-0.2, -0.15) is 0 Å². The highest BCUT2D eigenvalue weighted by Gasteiger charge is 2.79. The molecular formula is C42H60Cl2O3. The molecule has 0 amide bonds. The summed E-state index contributed by atoms with van der Waals surface area (Å²) in [5, 5.41) is 0. The molecule has 0 N–H and O–H groups in total. The largest absolute Gasteiger partial charge is 0.494 e. The lowest BCUT2D eigenvalue weighted by Crippen LogP contribution is -2.74. The van der Waals surface area contributed by atoms with Crippen LogP contribution in [0, 0.1) is 10.8 Å². The van der Waals surface area contributed by atoms with Crippen molar-refractivity contribution in [2.24, 2.45) is 10.8 Å². The molecule has 5 rings (SSSR count). The molecule has 3 fully saturated rings. The Hall–Kier alpha value is -1.71. The van der Waals surface area contributed by atoms with Gasteiger partial charge in [0.1, 0.15) is 15.8 Å². The maximum Gasteiger partial charge on any atom is 0.151 e. The number of rotatable bonds is 18. The molecule has 3 aliphatic carbocycles. The average Bonchev–Trinajstić information content (AvgIpc) is 3.11. The van der Waals surface area contributed by atoms with Gasteiger partial charge in [0.05, 0.1) is 24.0 Å². The summed E-state index contributed by atoms with van der Waals surface area (Å²) in [6.07, 6.45) is 22.2. The molecular weight excluding hydrogens is 623 g/mol. The van der Waals surface area contributed by atoms with E-state index in [1.807, 2.05) is 0 Å². The molecule has 3 saturated carbocycles. The lowest BCUT2D eigenvalue weighted by molar-refractivity contribution is -0.170. The third-order valence-electron chi connectivity index (χ3n) is 12.0. The Labute approximate surface area is 295 Å². The van der Waals surface area contributed by atoms with Gasteiger partial charge < -0.3 is 9.47 Å². The van der Waals surface area contributed by atoms with Crippen LogP contribution in [0.2, 0.25) is 0 Å². The molecule has 2 aromatic rings. The number of ketones is 1. The van der Waals surface area contributed by atoms with E-state index in [-0.39, 0.29) is 0 Å². The molecule has 0 heterocycles. The van der Waals surface area contributed by atoms with E-state index in [2.05, 4.69) is 62.4 Å². The minimum absolute atomic E-state index is 0.351. The van der Waals surface area contributed by atoms with E-state index in [1.165, 1.54) is 75.3 Å². The fourth-order valence-corrected chi connectivity index (χ4v) is 10.0. The third-order valence-corrected chi connectivity index (χ3v) is 13.4. The number of unbranched alkanes of at least 4 members (excludes halogenated alkanes) is 10. The molecule has 0 radical (unpaired) electrons. The Morgan fingerprint density at radius 2 is 0.894 bits per heavy atom. The third kappa shape index (κ3) is 8.20. The molecule has 0 unspecified atom stereocenters. The van der Waals surface area contributed by atoms with Crippen LogP contribution in [0.3, 0.4) is 0 Å². The van der Waals surface area contributed by atoms with Crippen LogP contribution in [-0.2, 0) is 4.79 Å². The van der Waals surface area contributed by atoms with Gasteiger partial charge in [-0.15, -0.1) is 0 Å². The first-order chi connectivity index (χ1) is 22.9. The fraction of sp³-hybridized carbons (Fsp3) is 0.690. The summed E-state index contributed by atoms with van der Waals surface area (Å²) in [5.41, 5.74) is 1.49. The van der Waals surface area contributed by atoms with Crippen molar-refractivity contribution in [1.29, 1.82) is 0 Å². The van der Waals surface area contributed by atoms with Crippen molar-refractivity contribution in [2.75, 3.05) is 13.2 Å². The van der Waals surface area contributed by atoms with Gasteiger partial charge in [-0.3, -0.25) is 4.79 Å². The van der Waals surface area contributed by atoms with E-state index >= 15 is 0 Å². The first kappa shape index (κ1) is 36.6. The topological polar surface area (TPSA) is 35.5 Å². The van der Waals surface area contributed by atoms with Crippen LogP contribution >= 0.6 is 23.2 Å². The molecule has 0 atom stereocenters. The Morgan fingerprint density at radius 1 is 0.553 bits per heavy atom. The van der Waals surface area contributed by atoms with Crippen molar-refractivity contribution < 1.29 is 14.3 Å². The van der Waals surface area contributed by atoms with Crippen LogP contribution in [0.4, 0.5) is 0 Å². The van der Waals surface area contributed by atoms with E-state index in [1.54, 1.807) is 0 Å². The zero-order valence-electron chi connectivity index (χ0n) is 29.3.